The quantitative estimate of drug-likeness (QED) is 0.609. The molecule has 1 aromatic heterocycles. The van der Waals surface area contributed by atoms with E-state index in [1.165, 1.54) is 29.5 Å². The van der Waals surface area contributed by atoms with E-state index >= 15 is 0 Å². The fourth-order valence-corrected chi connectivity index (χ4v) is 6.18. The van der Waals surface area contributed by atoms with Crippen molar-refractivity contribution in [2.24, 2.45) is 0 Å². The molecule has 0 aliphatic heterocycles. The van der Waals surface area contributed by atoms with E-state index < -0.39 is 15.8 Å². The molecule has 0 fully saturated rings. The van der Waals surface area contributed by atoms with Gasteiger partial charge in [0, 0.05) is 15.0 Å². The first-order valence-corrected chi connectivity index (χ1v) is 9.91. The van der Waals surface area contributed by atoms with Crippen molar-refractivity contribution >= 4 is 65.6 Å². The minimum Gasteiger partial charge on any atom is -0.315 e. The molecule has 9 heteroatoms. The lowest BCUT2D eigenvalue weighted by Gasteiger charge is -2.09. The maximum atomic E-state index is 13.1. The molecule has 1 heterocycles. The van der Waals surface area contributed by atoms with E-state index in [0.29, 0.717) is 19.6 Å². The summed E-state index contributed by atoms with van der Waals surface area (Å²) < 4.78 is 41.4. The number of benzene rings is 1. The molecule has 0 saturated heterocycles. The number of halogens is 3. The first-order chi connectivity index (χ1) is 9.83. The molecule has 0 saturated carbocycles. The predicted molar refractivity (Wildman–Crippen MR) is 94.7 cm³/mol. The fraction of sp³-hybridized carbons (Fsp3) is 0.167. The number of nitrogens with one attached hydrogen (secondary N) is 2. The summed E-state index contributed by atoms with van der Waals surface area (Å²) in [5, 5.41) is 2.97. The molecule has 0 amide bonds. The van der Waals surface area contributed by atoms with Gasteiger partial charge in [0.05, 0.1) is 9.47 Å². The Morgan fingerprint density at radius 2 is 2.10 bits per heavy atom. The van der Waals surface area contributed by atoms with E-state index in [2.05, 4.69) is 26.0 Å². The van der Waals surface area contributed by atoms with Crippen molar-refractivity contribution in [3.8, 4) is 0 Å². The molecule has 2 rings (SSSR count). The van der Waals surface area contributed by atoms with Crippen molar-refractivity contribution < 1.29 is 12.8 Å². The molecule has 0 aliphatic rings. The van der Waals surface area contributed by atoms with Gasteiger partial charge in [0.1, 0.15) is 10.7 Å². The van der Waals surface area contributed by atoms with Crippen LogP contribution in [0.4, 0.5) is 10.1 Å². The Labute approximate surface area is 148 Å². The minimum absolute atomic E-state index is 0.179. The normalized spacial score (nSPS) is 11.6. The van der Waals surface area contributed by atoms with Gasteiger partial charge in [-0.05, 0) is 69.8 Å². The van der Waals surface area contributed by atoms with Crippen molar-refractivity contribution in [1.82, 2.24) is 5.32 Å². The number of hydrogen-bond donors (Lipinski definition) is 2. The van der Waals surface area contributed by atoms with Crippen LogP contribution >= 0.6 is 49.9 Å². The molecular formula is C12H11BrFIN2O2S2. The van der Waals surface area contributed by atoms with Crippen LogP contribution < -0.4 is 10.0 Å². The average Bonchev–Trinajstić information content (AvgIpc) is 2.75. The second-order valence-electron chi connectivity index (χ2n) is 4.11. The van der Waals surface area contributed by atoms with Crippen LogP contribution in [0.25, 0.3) is 0 Å². The zero-order valence-corrected chi connectivity index (χ0v) is 16.2. The van der Waals surface area contributed by atoms with Crippen LogP contribution in [0.5, 0.6) is 0 Å². The highest BCUT2D eigenvalue weighted by molar-refractivity contribution is 14.1. The second kappa shape index (κ2) is 6.90. The zero-order valence-electron chi connectivity index (χ0n) is 10.8. The maximum absolute atomic E-state index is 13.1. The third-order valence-corrected chi connectivity index (χ3v) is 7.03. The van der Waals surface area contributed by atoms with E-state index in [9.17, 15) is 12.8 Å². The van der Waals surface area contributed by atoms with Crippen molar-refractivity contribution in [2.45, 2.75) is 11.4 Å². The molecule has 0 radical (unpaired) electrons. The van der Waals surface area contributed by atoms with Gasteiger partial charge in [-0.25, -0.2) is 12.8 Å². The van der Waals surface area contributed by atoms with Gasteiger partial charge in [0.25, 0.3) is 10.0 Å². The summed E-state index contributed by atoms with van der Waals surface area (Å²) >= 11 is 6.52. The predicted octanol–water partition coefficient (Wildman–Crippen LogP) is 3.77. The van der Waals surface area contributed by atoms with E-state index in [1.54, 1.807) is 13.1 Å². The van der Waals surface area contributed by atoms with Crippen molar-refractivity contribution in [3.63, 3.8) is 0 Å². The van der Waals surface area contributed by atoms with Crippen LogP contribution in [0.1, 0.15) is 4.88 Å². The summed E-state index contributed by atoms with van der Waals surface area (Å²) in [6.45, 7) is 0.590. The molecule has 21 heavy (non-hydrogen) atoms. The number of anilines is 1. The lowest BCUT2D eigenvalue weighted by atomic mass is 10.3. The second-order valence-corrected chi connectivity index (χ2v) is 9.38. The Balaban J connectivity index is 2.34. The Morgan fingerprint density at radius 3 is 2.71 bits per heavy atom. The first kappa shape index (κ1) is 17.1. The zero-order chi connectivity index (χ0) is 15.6. The molecule has 4 nitrogen and oxygen atoms in total. The fourth-order valence-electron chi connectivity index (χ4n) is 1.61. The summed E-state index contributed by atoms with van der Waals surface area (Å²) in [6.07, 6.45) is 0. The van der Waals surface area contributed by atoms with Gasteiger partial charge in [0.2, 0.25) is 0 Å². The lowest BCUT2D eigenvalue weighted by Crippen LogP contribution is -2.13. The topological polar surface area (TPSA) is 58.2 Å². The van der Waals surface area contributed by atoms with Crippen LogP contribution in [-0.4, -0.2) is 15.5 Å². The average molecular weight is 505 g/mol. The Bertz CT molecular complexity index is 765. The van der Waals surface area contributed by atoms with Gasteiger partial charge in [-0.2, -0.15) is 0 Å². The molecule has 0 aliphatic carbocycles. The molecule has 2 aromatic rings. The monoisotopic (exact) mass is 504 g/mol. The highest BCUT2D eigenvalue weighted by Gasteiger charge is 2.21. The SMILES string of the molecule is CNCc1cc(S(=O)(=O)Nc2ccc(F)cc2I)c(Br)s1. The number of rotatable bonds is 5. The van der Waals surface area contributed by atoms with E-state index in [4.69, 9.17) is 0 Å². The first-order valence-electron chi connectivity index (χ1n) is 5.74. The summed E-state index contributed by atoms with van der Waals surface area (Å²) in [6, 6.07) is 5.51. The molecular weight excluding hydrogens is 494 g/mol. The molecule has 114 valence electrons. The van der Waals surface area contributed by atoms with E-state index in [1.807, 2.05) is 22.6 Å². The number of sulfonamides is 1. The smallest absolute Gasteiger partial charge is 0.263 e. The maximum Gasteiger partial charge on any atom is 0.263 e. The Kier molecular flexibility index (Phi) is 5.63. The summed E-state index contributed by atoms with van der Waals surface area (Å²) in [7, 11) is -1.93. The highest BCUT2D eigenvalue weighted by Crippen LogP contribution is 2.33. The Hall–Kier alpha value is -0.230. The third-order valence-electron chi connectivity index (χ3n) is 2.52. The summed E-state index contributed by atoms with van der Waals surface area (Å²) in [5.41, 5.74) is 0.352. The summed E-state index contributed by atoms with van der Waals surface area (Å²) in [4.78, 5) is 1.08. The van der Waals surface area contributed by atoms with Crippen molar-refractivity contribution in [2.75, 3.05) is 11.8 Å². The highest BCUT2D eigenvalue weighted by atomic mass is 127. The molecule has 0 atom stereocenters. The minimum atomic E-state index is -3.72. The molecule has 1 aromatic carbocycles. The summed E-state index contributed by atoms with van der Waals surface area (Å²) in [5.74, 6) is -0.407. The largest absolute Gasteiger partial charge is 0.315 e. The van der Waals surface area contributed by atoms with E-state index in [0.717, 1.165) is 4.88 Å². The molecule has 0 unspecified atom stereocenters. The van der Waals surface area contributed by atoms with Crippen LogP contribution in [0, 0.1) is 9.39 Å². The van der Waals surface area contributed by atoms with Crippen molar-refractivity contribution in [1.29, 1.82) is 0 Å². The van der Waals surface area contributed by atoms with Gasteiger partial charge in [-0.1, -0.05) is 0 Å². The van der Waals surface area contributed by atoms with Crippen LogP contribution in [-0.2, 0) is 16.6 Å². The van der Waals surface area contributed by atoms with Gasteiger partial charge < -0.3 is 5.32 Å². The molecule has 2 N–H and O–H groups in total. The van der Waals surface area contributed by atoms with Gasteiger partial charge in [-0.15, -0.1) is 11.3 Å². The Morgan fingerprint density at radius 1 is 1.38 bits per heavy atom. The molecule has 0 spiro atoms. The third kappa shape index (κ3) is 4.15. The number of hydrogen-bond acceptors (Lipinski definition) is 4. The standard InChI is InChI=1S/C12H11BrFIN2O2S2/c1-16-6-8-5-11(12(13)20-8)21(18,19)17-10-3-2-7(14)4-9(10)15/h2-5,16-17H,6H2,1H3. The number of thiophene rings is 1. The molecule has 0 bridgehead atoms. The lowest BCUT2D eigenvalue weighted by molar-refractivity contribution is 0.600. The van der Waals surface area contributed by atoms with Crippen LogP contribution in [0.3, 0.4) is 0 Å². The van der Waals surface area contributed by atoms with E-state index in [-0.39, 0.29) is 4.90 Å². The van der Waals surface area contributed by atoms with Crippen molar-refractivity contribution in [3.05, 3.63) is 42.3 Å². The van der Waals surface area contributed by atoms with Gasteiger partial charge in [0.15, 0.2) is 0 Å². The van der Waals surface area contributed by atoms with Gasteiger partial charge >= 0.3 is 0 Å². The van der Waals surface area contributed by atoms with Crippen LogP contribution in [0.2, 0.25) is 0 Å². The van der Waals surface area contributed by atoms with Crippen LogP contribution in [0.15, 0.2) is 32.9 Å². The van der Waals surface area contributed by atoms with Gasteiger partial charge in [-0.3, -0.25) is 4.72 Å².